The van der Waals surface area contributed by atoms with Gasteiger partial charge in [-0.1, -0.05) is 18.2 Å². The van der Waals surface area contributed by atoms with Gasteiger partial charge in [0.25, 0.3) is 0 Å². The van der Waals surface area contributed by atoms with Crippen molar-refractivity contribution < 1.29 is 38.1 Å². The van der Waals surface area contributed by atoms with Crippen LogP contribution in [0.1, 0.15) is 20.1 Å². The van der Waals surface area contributed by atoms with Crippen LogP contribution in [-0.4, -0.2) is 73.3 Å². The molecule has 2 aromatic heterocycles. The Bertz CT molecular complexity index is 1260. The zero-order valence-electron chi connectivity index (χ0n) is 19.7. The van der Waals surface area contributed by atoms with E-state index in [0.29, 0.717) is 11.2 Å². The van der Waals surface area contributed by atoms with Crippen LogP contribution in [0.2, 0.25) is 0 Å². The number of anilines is 1. The molecule has 0 radical (unpaired) electrons. The fourth-order valence-electron chi connectivity index (χ4n) is 3.80. The van der Waals surface area contributed by atoms with Crippen LogP contribution in [0.3, 0.4) is 0 Å². The van der Waals surface area contributed by atoms with Crippen LogP contribution in [-0.2, 0) is 23.4 Å². The molecule has 0 amide bonds. The predicted molar refractivity (Wildman–Crippen MR) is 125 cm³/mol. The summed E-state index contributed by atoms with van der Waals surface area (Å²) in [4.78, 5) is 24.1. The molecule has 1 fully saturated rings. The number of hydrogen-bond acceptors (Lipinski definition) is 12. The van der Waals surface area contributed by atoms with Gasteiger partial charge in [0.1, 0.15) is 41.9 Å². The molecular weight excluding hydrogens is 495 g/mol. The normalized spacial score (nSPS) is 25.2. The lowest BCUT2D eigenvalue weighted by Crippen LogP contribution is -2.41. The lowest BCUT2D eigenvalue weighted by Gasteiger charge is -2.28. The Morgan fingerprint density at radius 2 is 1.92 bits per heavy atom. The molecule has 5 N–H and O–H groups in total. The number of aliphatic hydroxyl groups excluding tert-OH is 2. The van der Waals surface area contributed by atoms with Gasteiger partial charge in [-0.2, -0.15) is 5.09 Å². The molecule has 0 aliphatic carbocycles. The van der Waals surface area contributed by atoms with Crippen molar-refractivity contribution in [2.75, 3.05) is 12.8 Å². The highest BCUT2D eigenvalue weighted by molar-refractivity contribution is 7.52. The Morgan fingerprint density at radius 1 is 1.19 bits per heavy atom. The molecule has 1 aliphatic heterocycles. The van der Waals surface area contributed by atoms with Crippen molar-refractivity contribution in [1.82, 2.24) is 24.6 Å². The summed E-state index contributed by atoms with van der Waals surface area (Å²) in [5.74, 6) is -0.334. The second-order valence-electron chi connectivity index (χ2n) is 8.14. The number of aromatic nitrogens is 4. The first kappa shape index (κ1) is 25.9. The quantitative estimate of drug-likeness (QED) is 0.228. The smallest absolute Gasteiger partial charge is 0.459 e. The summed E-state index contributed by atoms with van der Waals surface area (Å²) in [5, 5.41) is 24.0. The maximum Gasteiger partial charge on any atom is 0.459 e. The number of esters is 1. The first-order chi connectivity index (χ1) is 17.1. The molecule has 0 spiro atoms. The monoisotopic (exact) mass is 522 g/mol. The minimum absolute atomic E-state index is 0.143. The van der Waals surface area contributed by atoms with Crippen molar-refractivity contribution in [2.24, 2.45) is 0 Å². The van der Waals surface area contributed by atoms with Gasteiger partial charge in [0, 0.05) is 0 Å². The average molecular weight is 522 g/mol. The zero-order chi connectivity index (χ0) is 26.0. The van der Waals surface area contributed by atoms with Crippen LogP contribution in [0.4, 0.5) is 5.82 Å². The SMILES string of the molecule is COC(=O)[C@@H](C)N[P@](=O)(Oc1ccccc1)O[C@H](C)[C@H]1O[C@@H](n2cnc3c(N)ncnc32)[C@H](O)[C@@H]1O. The first-order valence-electron chi connectivity index (χ1n) is 11.0. The number of nitrogens with zero attached hydrogens (tertiary/aromatic N) is 4. The maximum absolute atomic E-state index is 13.7. The highest BCUT2D eigenvalue weighted by atomic mass is 31.2. The number of fused-ring (bicyclic) bond motifs is 1. The van der Waals surface area contributed by atoms with Crippen LogP contribution in [0, 0.1) is 0 Å². The van der Waals surface area contributed by atoms with Crippen molar-refractivity contribution in [3.8, 4) is 5.75 Å². The minimum Gasteiger partial charge on any atom is -0.468 e. The molecule has 194 valence electrons. The van der Waals surface area contributed by atoms with Crippen molar-refractivity contribution in [2.45, 2.75) is 50.5 Å². The third-order valence-electron chi connectivity index (χ3n) is 5.58. The number of para-hydroxylation sites is 1. The van der Waals surface area contributed by atoms with Crippen LogP contribution in [0.25, 0.3) is 11.2 Å². The van der Waals surface area contributed by atoms with Crippen LogP contribution >= 0.6 is 7.75 Å². The van der Waals surface area contributed by atoms with Crippen LogP contribution in [0.15, 0.2) is 43.0 Å². The van der Waals surface area contributed by atoms with Crippen molar-refractivity contribution >= 4 is 30.7 Å². The van der Waals surface area contributed by atoms with E-state index < -0.39 is 50.4 Å². The van der Waals surface area contributed by atoms with Gasteiger partial charge >= 0.3 is 13.7 Å². The van der Waals surface area contributed by atoms with Gasteiger partial charge in [-0.3, -0.25) is 13.9 Å². The third-order valence-corrected chi connectivity index (χ3v) is 7.34. The number of carbonyl (C=O) groups is 1. The van der Waals surface area contributed by atoms with E-state index in [1.165, 1.54) is 38.2 Å². The maximum atomic E-state index is 13.7. The Kier molecular flexibility index (Phi) is 7.54. The van der Waals surface area contributed by atoms with Gasteiger partial charge in [0.2, 0.25) is 0 Å². The fraction of sp³-hybridized carbons (Fsp3) is 0.429. The number of methoxy groups -OCH3 is 1. The summed E-state index contributed by atoms with van der Waals surface area (Å²) in [7, 11) is -3.03. The predicted octanol–water partition coefficient (Wildman–Crippen LogP) is 0.771. The van der Waals surface area contributed by atoms with Gasteiger partial charge in [0.15, 0.2) is 17.7 Å². The van der Waals surface area contributed by atoms with E-state index >= 15 is 0 Å². The van der Waals surface area contributed by atoms with E-state index in [-0.39, 0.29) is 11.6 Å². The zero-order valence-corrected chi connectivity index (χ0v) is 20.6. The van der Waals surface area contributed by atoms with Gasteiger partial charge in [-0.05, 0) is 26.0 Å². The van der Waals surface area contributed by atoms with E-state index in [1.54, 1.807) is 30.3 Å². The van der Waals surface area contributed by atoms with E-state index in [1.807, 2.05) is 0 Å². The summed E-state index contributed by atoms with van der Waals surface area (Å²) in [6, 6.07) is 7.15. The molecule has 3 aromatic rings. The lowest BCUT2D eigenvalue weighted by molar-refractivity contribution is -0.142. The molecule has 3 heterocycles. The Morgan fingerprint density at radius 3 is 2.61 bits per heavy atom. The minimum atomic E-state index is -4.22. The number of benzene rings is 1. The van der Waals surface area contributed by atoms with Crippen LogP contribution in [0.5, 0.6) is 5.75 Å². The molecule has 1 aromatic carbocycles. The molecule has 15 heteroatoms. The van der Waals surface area contributed by atoms with Crippen molar-refractivity contribution in [3.63, 3.8) is 0 Å². The number of hydrogen-bond donors (Lipinski definition) is 4. The summed E-state index contributed by atoms with van der Waals surface area (Å²) >= 11 is 0. The number of imidazole rings is 1. The Balaban J connectivity index is 1.56. The highest BCUT2D eigenvalue weighted by Gasteiger charge is 2.49. The highest BCUT2D eigenvalue weighted by Crippen LogP contribution is 2.48. The summed E-state index contributed by atoms with van der Waals surface area (Å²) in [6.45, 7) is 2.92. The Hall–Kier alpha value is -3.13. The van der Waals surface area contributed by atoms with Crippen molar-refractivity contribution in [1.29, 1.82) is 0 Å². The standard InChI is InChI=1S/C21H27N6O8P/c1-11(21(30)32-3)26-36(31,35-13-7-5-4-6-8-13)34-12(2)17-15(28)16(29)20(33-17)27-10-25-14-18(22)23-9-24-19(14)27/h4-12,15-17,20,28-29H,1-3H3,(H,26,31)(H2,22,23,24)/t11-,12-,15+,16-,17-,20-,36-/m1/s1. The van der Waals surface area contributed by atoms with Gasteiger partial charge in [-0.25, -0.2) is 19.5 Å². The van der Waals surface area contributed by atoms with E-state index in [2.05, 4.69) is 24.8 Å². The number of nitrogens with one attached hydrogen (secondary N) is 1. The molecule has 0 bridgehead atoms. The van der Waals surface area contributed by atoms with Crippen LogP contribution < -0.4 is 15.3 Å². The number of rotatable bonds is 9. The molecule has 0 saturated carbocycles. The number of carbonyl (C=O) groups excluding carboxylic acids is 1. The Labute approximate surface area is 206 Å². The fourth-order valence-corrected chi connectivity index (χ4v) is 5.50. The number of nitrogens with two attached hydrogens (primary N) is 1. The molecule has 1 aliphatic rings. The molecule has 7 atom stereocenters. The molecule has 1 saturated heterocycles. The topological polar surface area (TPSA) is 193 Å². The number of ether oxygens (including phenoxy) is 2. The second-order valence-corrected chi connectivity index (χ2v) is 9.79. The largest absolute Gasteiger partial charge is 0.468 e. The summed E-state index contributed by atoms with van der Waals surface area (Å²) in [5.41, 5.74) is 6.42. The van der Waals surface area contributed by atoms with E-state index in [0.717, 1.165) is 0 Å². The third kappa shape index (κ3) is 5.19. The lowest BCUT2D eigenvalue weighted by atomic mass is 10.1. The van der Waals surface area contributed by atoms with E-state index in [9.17, 15) is 19.6 Å². The second kappa shape index (κ2) is 10.5. The van der Waals surface area contributed by atoms with Crippen molar-refractivity contribution in [3.05, 3.63) is 43.0 Å². The summed E-state index contributed by atoms with van der Waals surface area (Å²) < 4.78 is 37.0. The molecule has 0 unspecified atom stereocenters. The molecular formula is C21H27N6O8P. The van der Waals surface area contributed by atoms with Gasteiger partial charge in [0.05, 0.1) is 19.5 Å². The number of nitrogen functional groups attached to an aromatic ring is 1. The van der Waals surface area contributed by atoms with Gasteiger partial charge in [-0.15, -0.1) is 0 Å². The van der Waals surface area contributed by atoms with E-state index in [4.69, 9.17) is 19.5 Å². The molecule has 36 heavy (non-hydrogen) atoms. The number of aliphatic hydroxyl groups is 2. The molecule has 4 rings (SSSR count). The molecule has 14 nitrogen and oxygen atoms in total. The van der Waals surface area contributed by atoms with Gasteiger partial charge < -0.3 is 29.9 Å². The average Bonchev–Trinajstić information content (AvgIpc) is 3.40. The summed E-state index contributed by atoms with van der Waals surface area (Å²) in [6.07, 6.45) is -3.59. The first-order valence-corrected chi connectivity index (χ1v) is 12.5.